The highest BCUT2D eigenvalue weighted by atomic mass is 35.5. The van der Waals surface area contributed by atoms with Crippen LogP contribution in [-0.4, -0.2) is 5.91 Å². The molecule has 3 nitrogen and oxygen atoms in total. The third-order valence-corrected chi connectivity index (χ3v) is 5.38. The van der Waals surface area contributed by atoms with Gasteiger partial charge >= 0.3 is 0 Å². The molecule has 0 heterocycles. The van der Waals surface area contributed by atoms with Crippen molar-refractivity contribution in [3.8, 4) is 5.75 Å². The average molecular weight is 422 g/mol. The van der Waals surface area contributed by atoms with Gasteiger partial charge in [-0.3, -0.25) is 4.79 Å². The summed E-state index contributed by atoms with van der Waals surface area (Å²) >= 11 is 6.11. The standard InChI is InChI=1S/C26H28ClNO2/c1-18(20-13-15-22(16-14-20)26(2,3)4)28-25(29)21-11-9-19(10-12-21)17-30-24-8-6-5-7-23(24)27/h5-16,18H,17H2,1-4H3,(H,28,29). The highest BCUT2D eigenvalue weighted by Gasteiger charge is 2.15. The lowest BCUT2D eigenvalue weighted by molar-refractivity contribution is 0.0940. The van der Waals surface area contributed by atoms with Crippen molar-refractivity contribution in [2.75, 3.05) is 0 Å². The van der Waals surface area contributed by atoms with Crippen LogP contribution in [0.2, 0.25) is 5.02 Å². The van der Waals surface area contributed by atoms with Crippen molar-refractivity contribution >= 4 is 17.5 Å². The lowest BCUT2D eigenvalue weighted by Gasteiger charge is -2.20. The number of carbonyl (C=O) groups excluding carboxylic acids is 1. The number of ether oxygens (including phenoxy) is 1. The normalized spacial score (nSPS) is 12.3. The molecule has 0 radical (unpaired) electrons. The Bertz CT molecular complexity index is 989. The minimum absolute atomic E-state index is 0.0743. The van der Waals surface area contributed by atoms with Crippen LogP contribution in [-0.2, 0) is 12.0 Å². The van der Waals surface area contributed by atoms with Crippen LogP contribution in [0.3, 0.4) is 0 Å². The smallest absolute Gasteiger partial charge is 0.251 e. The molecule has 0 saturated heterocycles. The van der Waals surface area contributed by atoms with Gasteiger partial charge in [0.2, 0.25) is 0 Å². The minimum Gasteiger partial charge on any atom is -0.487 e. The van der Waals surface area contributed by atoms with E-state index in [0.29, 0.717) is 22.9 Å². The third-order valence-electron chi connectivity index (χ3n) is 5.07. The summed E-state index contributed by atoms with van der Waals surface area (Å²) in [4.78, 5) is 12.6. The summed E-state index contributed by atoms with van der Waals surface area (Å²) in [6.45, 7) is 8.96. The van der Waals surface area contributed by atoms with Crippen LogP contribution in [0, 0.1) is 0 Å². The zero-order valence-electron chi connectivity index (χ0n) is 17.9. The minimum atomic E-state index is -0.0963. The number of rotatable bonds is 6. The second-order valence-corrected chi connectivity index (χ2v) is 8.89. The third kappa shape index (κ3) is 5.64. The summed E-state index contributed by atoms with van der Waals surface area (Å²) in [7, 11) is 0. The van der Waals surface area contributed by atoms with Gasteiger partial charge in [-0.15, -0.1) is 0 Å². The van der Waals surface area contributed by atoms with Crippen molar-refractivity contribution < 1.29 is 9.53 Å². The first kappa shape index (κ1) is 21.9. The van der Waals surface area contributed by atoms with Gasteiger partial charge in [0, 0.05) is 5.56 Å². The maximum Gasteiger partial charge on any atom is 0.251 e. The Labute approximate surface area is 184 Å². The second-order valence-electron chi connectivity index (χ2n) is 8.48. The van der Waals surface area contributed by atoms with Crippen LogP contribution < -0.4 is 10.1 Å². The number of halogens is 1. The second kappa shape index (κ2) is 9.36. The van der Waals surface area contributed by atoms with Crippen molar-refractivity contribution in [3.63, 3.8) is 0 Å². The van der Waals surface area contributed by atoms with E-state index in [9.17, 15) is 4.79 Å². The molecular formula is C26H28ClNO2. The molecule has 0 aliphatic carbocycles. The molecular weight excluding hydrogens is 394 g/mol. The molecule has 156 valence electrons. The Kier molecular flexibility index (Phi) is 6.84. The van der Waals surface area contributed by atoms with Crippen LogP contribution in [0.1, 0.15) is 60.8 Å². The topological polar surface area (TPSA) is 38.3 Å². The monoisotopic (exact) mass is 421 g/mol. The van der Waals surface area contributed by atoms with Crippen molar-refractivity contribution in [2.45, 2.75) is 45.8 Å². The van der Waals surface area contributed by atoms with Gasteiger partial charge in [-0.25, -0.2) is 0 Å². The Morgan fingerprint density at radius 1 is 0.967 bits per heavy atom. The molecule has 1 atom stereocenters. The molecule has 0 spiro atoms. The molecule has 30 heavy (non-hydrogen) atoms. The zero-order chi connectivity index (χ0) is 21.7. The van der Waals surface area contributed by atoms with Crippen molar-refractivity contribution in [2.24, 2.45) is 0 Å². The van der Waals surface area contributed by atoms with Crippen molar-refractivity contribution in [1.29, 1.82) is 0 Å². The van der Waals surface area contributed by atoms with Gasteiger partial charge in [-0.1, -0.05) is 80.9 Å². The zero-order valence-corrected chi connectivity index (χ0v) is 18.7. The Morgan fingerprint density at radius 2 is 1.60 bits per heavy atom. The van der Waals surface area contributed by atoms with Gasteiger partial charge < -0.3 is 10.1 Å². The van der Waals surface area contributed by atoms with Crippen LogP contribution >= 0.6 is 11.6 Å². The van der Waals surface area contributed by atoms with Crippen LogP contribution in [0.15, 0.2) is 72.8 Å². The highest BCUT2D eigenvalue weighted by molar-refractivity contribution is 6.32. The predicted octanol–water partition coefficient (Wildman–Crippen LogP) is 6.71. The summed E-state index contributed by atoms with van der Waals surface area (Å²) in [6.07, 6.45) is 0. The molecule has 4 heteroatoms. The molecule has 0 aliphatic rings. The molecule has 1 N–H and O–H groups in total. The molecule has 0 saturated carbocycles. The quantitative estimate of drug-likeness (QED) is 0.480. The molecule has 3 rings (SSSR count). The van der Waals surface area contributed by atoms with Gasteiger partial charge in [-0.05, 0) is 53.3 Å². The molecule has 3 aromatic rings. The Hall–Kier alpha value is -2.78. The first-order valence-electron chi connectivity index (χ1n) is 10.1. The van der Waals surface area contributed by atoms with E-state index in [4.69, 9.17) is 16.3 Å². The number of carbonyl (C=O) groups is 1. The average Bonchev–Trinajstić information content (AvgIpc) is 2.73. The molecule has 0 aliphatic heterocycles. The fourth-order valence-electron chi connectivity index (χ4n) is 3.11. The van der Waals surface area contributed by atoms with Gasteiger partial charge in [0.05, 0.1) is 11.1 Å². The van der Waals surface area contributed by atoms with Gasteiger partial charge in [0.1, 0.15) is 12.4 Å². The number of hydrogen-bond donors (Lipinski definition) is 1. The highest BCUT2D eigenvalue weighted by Crippen LogP contribution is 2.25. The van der Waals surface area contributed by atoms with E-state index < -0.39 is 0 Å². The lowest BCUT2D eigenvalue weighted by Crippen LogP contribution is -2.26. The molecule has 1 unspecified atom stereocenters. The number of nitrogens with one attached hydrogen (secondary N) is 1. The molecule has 0 fully saturated rings. The number of para-hydroxylation sites is 1. The maximum atomic E-state index is 12.6. The van der Waals surface area contributed by atoms with Crippen LogP contribution in [0.4, 0.5) is 0 Å². The van der Waals surface area contributed by atoms with Crippen molar-refractivity contribution in [3.05, 3.63) is 100 Å². The van der Waals surface area contributed by atoms with Gasteiger partial charge in [-0.2, -0.15) is 0 Å². The fraction of sp³-hybridized carbons (Fsp3) is 0.269. The SMILES string of the molecule is CC(NC(=O)c1ccc(COc2ccccc2Cl)cc1)c1ccc(C(C)(C)C)cc1. The lowest BCUT2D eigenvalue weighted by atomic mass is 9.86. The van der Waals surface area contributed by atoms with Crippen LogP contribution in [0.5, 0.6) is 5.75 Å². The number of benzene rings is 3. The van der Waals surface area contributed by atoms with E-state index in [0.717, 1.165) is 11.1 Å². The van der Waals surface area contributed by atoms with E-state index in [2.05, 4.69) is 50.4 Å². The number of hydrogen-bond acceptors (Lipinski definition) is 2. The summed E-state index contributed by atoms with van der Waals surface area (Å²) in [5, 5.41) is 3.65. The largest absolute Gasteiger partial charge is 0.487 e. The predicted molar refractivity (Wildman–Crippen MR) is 123 cm³/mol. The first-order valence-corrected chi connectivity index (χ1v) is 10.5. The number of amides is 1. The van der Waals surface area contributed by atoms with E-state index in [1.165, 1.54) is 5.56 Å². The maximum absolute atomic E-state index is 12.6. The summed E-state index contributed by atoms with van der Waals surface area (Å²) < 4.78 is 5.75. The van der Waals surface area contributed by atoms with E-state index in [1.807, 2.05) is 49.4 Å². The van der Waals surface area contributed by atoms with E-state index >= 15 is 0 Å². The van der Waals surface area contributed by atoms with Crippen LogP contribution in [0.25, 0.3) is 0 Å². The molecule has 0 bridgehead atoms. The van der Waals surface area contributed by atoms with Gasteiger partial charge in [0.15, 0.2) is 0 Å². The summed E-state index contributed by atoms with van der Waals surface area (Å²) in [5.74, 6) is 0.549. The van der Waals surface area contributed by atoms with E-state index in [-0.39, 0.29) is 17.4 Å². The Balaban J connectivity index is 1.58. The molecule has 0 aromatic heterocycles. The van der Waals surface area contributed by atoms with Gasteiger partial charge in [0.25, 0.3) is 5.91 Å². The molecule has 1 amide bonds. The fourth-order valence-corrected chi connectivity index (χ4v) is 3.30. The van der Waals surface area contributed by atoms with Crippen molar-refractivity contribution in [1.82, 2.24) is 5.32 Å². The first-order chi connectivity index (χ1) is 14.2. The Morgan fingerprint density at radius 3 is 2.20 bits per heavy atom. The molecule has 3 aromatic carbocycles. The van der Waals surface area contributed by atoms with E-state index in [1.54, 1.807) is 6.07 Å². The summed E-state index contributed by atoms with van der Waals surface area (Å²) in [5.41, 5.74) is 4.06. The summed E-state index contributed by atoms with van der Waals surface area (Å²) in [6, 6.07) is 23.2.